The van der Waals surface area contributed by atoms with Crippen molar-refractivity contribution in [1.29, 1.82) is 0 Å². The zero-order chi connectivity index (χ0) is 14.2. The molecule has 0 aromatic carbocycles. The normalized spacial score (nSPS) is 35.5. The summed E-state index contributed by atoms with van der Waals surface area (Å²) in [6, 6.07) is 0. The van der Waals surface area contributed by atoms with Gasteiger partial charge in [0, 0.05) is 6.54 Å². The summed E-state index contributed by atoms with van der Waals surface area (Å²) in [5.41, 5.74) is 2.60. The molecule has 0 aromatic rings. The van der Waals surface area contributed by atoms with E-state index >= 15 is 0 Å². The van der Waals surface area contributed by atoms with Gasteiger partial charge in [0.25, 0.3) is 0 Å². The van der Waals surface area contributed by atoms with Gasteiger partial charge in [0.15, 0.2) is 0 Å². The number of hydrogen-bond donors (Lipinski definition) is 2. The Morgan fingerprint density at radius 2 is 2.00 bits per heavy atom. The lowest BCUT2D eigenvalue weighted by Crippen LogP contribution is -2.55. The van der Waals surface area contributed by atoms with Crippen LogP contribution in [-0.2, 0) is 0 Å². The van der Waals surface area contributed by atoms with Gasteiger partial charge in [-0.3, -0.25) is 4.99 Å². The lowest BCUT2D eigenvalue weighted by atomic mass is 9.67. The number of rotatable bonds is 5. The molecule has 2 saturated carbocycles. The molecule has 0 radical (unpaired) electrons. The highest BCUT2D eigenvalue weighted by Crippen LogP contribution is 2.48. The van der Waals surface area contributed by atoms with Crippen molar-refractivity contribution in [3.05, 3.63) is 0 Å². The van der Waals surface area contributed by atoms with E-state index in [1.807, 2.05) is 0 Å². The Morgan fingerprint density at radius 1 is 1.30 bits per heavy atom. The average Bonchev–Trinajstić information content (AvgIpc) is 3.17. The highest BCUT2D eigenvalue weighted by Gasteiger charge is 2.49. The van der Waals surface area contributed by atoms with Crippen LogP contribution in [-0.4, -0.2) is 35.3 Å². The minimum absolute atomic E-state index is 0.406. The van der Waals surface area contributed by atoms with Crippen LogP contribution in [0.2, 0.25) is 0 Å². The van der Waals surface area contributed by atoms with Crippen LogP contribution in [0, 0.1) is 23.7 Å². The summed E-state index contributed by atoms with van der Waals surface area (Å²) < 4.78 is 0. The molecular weight excluding hydrogens is 250 g/mol. The summed E-state index contributed by atoms with van der Waals surface area (Å²) in [5, 5.41) is 13.6. The molecule has 2 unspecified atom stereocenters. The van der Waals surface area contributed by atoms with Crippen molar-refractivity contribution in [2.24, 2.45) is 28.7 Å². The van der Waals surface area contributed by atoms with Crippen LogP contribution in [0.4, 0.5) is 0 Å². The molecule has 114 valence electrons. The van der Waals surface area contributed by atoms with Gasteiger partial charge in [-0.05, 0) is 49.4 Å². The van der Waals surface area contributed by atoms with Crippen molar-refractivity contribution in [3.63, 3.8) is 0 Å². The Bertz CT molecular complexity index is 353. The topological polar surface area (TPSA) is 47.9 Å². The second-order valence-corrected chi connectivity index (χ2v) is 7.35. The van der Waals surface area contributed by atoms with Crippen molar-refractivity contribution in [2.75, 3.05) is 13.2 Å². The zero-order valence-corrected chi connectivity index (χ0v) is 12.9. The van der Waals surface area contributed by atoms with Crippen molar-refractivity contribution in [2.45, 2.75) is 58.0 Å². The minimum atomic E-state index is -0.554. The molecule has 2 N–H and O–H groups in total. The van der Waals surface area contributed by atoms with E-state index < -0.39 is 5.60 Å². The quantitative estimate of drug-likeness (QED) is 0.812. The largest absolute Gasteiger partial charge is 0.388 e. The van der Waals surface area contributed by atoms with Gasteiger partial charge in [-0.2, -0.15) is 5.01 Å². The molecule has 0 bridgehead atoms. The van der Waals surface area contributed by atoms with Gasteiger partial charge in [-0.1, -0.05) is 26.7 Å². The fourth-order valence-corrected chi connectivity index (χ4v) is 4.11. The van der Waals surface area contributed by atoms with Crippen LogP contribution in [0.15, 0.2) is 4.99 Å². The molecule has 2 aliphatic carbocycles. The van der Waals surface area contributed by atoms with E-state index in [0.717, 1.165) is 11.8 Å². The molecule has 1 aliphatic heterocycles. The minimum Gasteiger partial charge on any atom is -0.388 e. The third kappa shape index (κ3) is 2.86. The van der Waals surface area contributed by atoms with E-state index in [0.29, 0.717) is 25.0 Å². The molecule has 0 amide bonds. The molecule has 0 spiro atoms. The highest BCUT2D eigenvalue weighted by molar-refractivity contribution is 5.55. The Morgan fingerprint density at radius 3 is 2.55 bits per heavy atom. The number of β-amino-alcohol motifs (C(OH)–C–C–N with tert-alkyl or cyclic N) is 1. The van der Waals surface area contributed by atoms with Crippen molar-refractivity contribution in [3.8, 4) is 0 Å². The van der Waals surface area contributed by atoms with Crippen LogP contribution in [0.3, 0.4) is 0 Å². The molecule has 3 aliphatic rings. The van der Waals surface area contributed by atoms with Gasteiger partial charge in [-0.25, -0.2) is 0 Å². The summed E-state index contributed by atoms with van der Waals surface area (Å²) in [7, 11) is 0. The van der Waals surface area contributed by atoms with Crippen LogP contribution < -0.4 is 5.43 Å². The lowest BCUT2D eigenvalue weighted by Gasteiger charge is -2.45. The molecular formula is C16H29N3O. The Kier molecular flexibility index (Phi) is 4.04. The fourth-order valence-electron chi connectivity index (χ4n) is 4.11. The van der Waals surface area contributed by atoms with Crippen LogP contribution in [0.5, 0.6) is 0 Å². The molecule has 4 nitrogen and oxygen atoms in total. The Labute approximate surface area is 122 Å². The van der Waals surface area contributed by atoms with Gasteiger partial charge in [-0.15, -0.1) is 0 Å². The number of hydrazine groups is 1. The van der Waals surface area contributed by atoms with Crippen molar-refractivity contribution in [1.82, 2.24) is 10.4 Å². The van der Waals surface area contributed by atoms with E-state index in [9.17, 15) is 5.11 Å². The number of aliphatic imine (C=N–C) groups is 1. The molecule has 3 rings (SSSR count). The predicted molar refractivity (Wildman–Crippen MR) is 81.2 cm³/mol. The van der Waals surface area contributed by atoms with E-state index in [1.165, 1.54) is 38.5 Å². The molecule has 2 atom stereocenters. The SMILES string of the molecule is CC1CCC(C(O)(CN2CN=CN2)C(C)C2CC2)CC1. The van der Waals surface area contributed by atoms with Crippen LogP contribution in [0.25, 0.3) is 0 Å². The van der Waals surface area contributed by atoms with Gasteiger partial charge in [0.05, 0.1) is 11.9 Å². The monoisotopic (exact) mass is 279 g/mol. The summed E-state index contributed by atoms with van der Waals surface area (Å²) in [4.78, 5) is 4.20. The van der Waals surface area contributed by atoms with Crippen molar-refractivity contribution < 1.29 is 5.11 Å². The molecule has 2 fully saturated rings. The van der Waals surface area contributed by atoms with E-state index in [-0.39, 0.29) is 0 Å². The molecule has 1 heterocycles. The maximum Gasteiger partial charge on any atom is 0.110 e. The lowest BCUT2D eigenvalue weighted by molar-refractivity contribution is -0.107. The first kappa shape index (κ1) is 14.3. The summed E-state index contributed by atoms with van der Waals surface area (Å²) in [5.74, 6) is 2.43. The first-order valence-electron chi connectivity index (χ1n) is 8.31. The van der Waals surface area contributed by atoms with E-state index in [1.54, 1.807) is 6.34 Å². The number of nitrogens with zero attached hydrogens (tertiary/aromatic N) is 2. The fraction of sp³-hybridized carbons (Fsp3) is 0.938. The van der Waals surface area contributed by atoms with Crippen LogP contribution in [0.1, 0.15) is 52.4 Å². The summed E-state index contributed by atoms with van der Waals surface area (Å²) in [6.45, 7) is 5.99. The molecule has 20 heavy (non-hydrogen) atoms. The highest BCUT2D eigenvalue weighted by atomic mass is 16.3. The molecule has 0 saturated heterocycles. The molecule has 0 aromatic heterocycles. The number of nitrogens with one attached hydrogen (secondary N) is 1. The standard InChI is InChI=1S/C16H29N3O/c1-12-3-7-15(8-4-12)16(20,13(2)14-5-6-14)9-19-11-17-10-18-19/h10,12-15,20H,3-9,11H2,1-2H3,(H,17,18). The summed E-state index contributed by atoms with van der Waals surface area (Å²) in [6.07, 6.45) is 9.26. The maximum absolute atomic E-state index is 11.5. The second kappa shape index (κ2) is 5.64. The van der Waals surface area contributed by atoms with Gasteiger partial charge >= 0.3 is 0 Å². The number of aliphatic hydroxyl groups is 1. The Hall–Kier alpha value is -0.610. The average molecular weight is 279 g/mol. The zero-order valence-electron chi connectivity index (χ0n) is 12.9. The Balaban J connectivity index is 1.71. The second-order valence-electron chi connectivity index (χ2n) is 7.35. The first-order valence-corrected chi connectivity index (χ1v) is 8.31. The van der Waals surface area contributed by atoms with E-state index in [2.05, 4.69) is 29.3 Å². The van der Waals surface area contributed by atoms with Gasteiger partial charge < -0.3 is 10.5 Å². The third-order valence-electron chi connectivity index (χ3n) is 5.87. The number of hydrogen-bond acceptors (Lipinski definition) is 4. The van der Waals surface area contributed by atoms with Crippen molar-refractivity contribution >= 4 is 6.34 Å². The third-order valence-corrected chi connectivity index (χ3v) is 5.87. The predicted octanol–water partition coefficient (Wildman–Crippen LogP) is 2.40. The van der Waals surface area contributed by atoms with Crippen LogP contribution >= 0.6 is 0 Å². The molecule has 4 heteroatoms. The van der Waals surface area contributed by atoms with E-state index in [4.69, 9.17) is 0 Å². The first-order chi connectivity index (χ1) is 9.59. The smallest absolute Gasteiger partial charge is 0.110 e. The summed E-state index contributed by atoms with van der Waals surface area (Å²) >= 11 is 0. The maximum atomic E-state index is 11.5. The van der Waals surface area contributed by atoms with Gasteiger partial charge in [0.1, 0.15) is 6.67 Å². The van der Waals surface area contributed by atoms with Gasteiger partial charge in [0.2, 0.25) is 0 Å².